The second-order valence-electron chi connectivity index (χ2n) is 11.4. The largest absolute Gasteiger partial charge is 0.453 e. The van der Waals surface area contributed by atoms with Gasteiger partial charge in [0.2, 0.25) is 0 Å². The number of ether oxygens (including phenoxy) is 2. The lowest BCUT2D eigenvalue weighted by molar-refractivity contribution is -0.161. The summed E-state index contributed by atoms with van der Waals surface area (Å²) in [5.41, 5.74) is -0.697. The van der Waals surface area contributed by atoms with Gasteiger partial charge in [0.25, 0.3) is 8.32 Å². The maximum absolute atomic E-state index is 12.9. The van der Waals surface area contributed by atoms with E-state index in [-0.39, 0.29) is 35.1 Å². The van der Waals surface area contributed by atoms with Crippen LogP contribution < -0.4 is 10.4 Å². The van der Waals surface area contributed by atoms with Gasteiger partial charge in [0.1, 0.15) is 5.60 Å². The van der Waals surface area contributed by atoms with Crippen molar-refractivity contribution < 1.29 is 18.7 Å². The third-order valence-corrected chi connectivity index (χ3v) is 13.1. The van der Waals surface area contributed by atoms with Gasteiger partial charge in [0.15, 0.2) is 6.10 Å². The van der Waals surface area contributed by atoms with Crippen LogP contribution in [0.2, 0.25) is 5.04 Å². The van der Waals surface area contributed by atoms with Crippen LogP contribution in [-0.4, -0.2) is 38.2 Å². The standard InChI is InChI=1S/C30H36O4Si/c1-6-30(5)20-26-25-19-21(17-18-24(25)27(32-26)28(31)33-30)34-35(29(2,3)4,22-13-9-7-10-14-22)23-15-11-8-12-16-23/h6-18,21,24-27H,1,19-20H2,2-5H3/t21-,24+,25-,26+,27+,30+/m0/s1. The summed E-state index contributed by atoms with van der Waals surface area (Å²) in [6.45, 7) is 12.7. The molecule has 4 nitrogen and oxygen atoms in total. The quantitative estimate of drug-likeness (QED) is 0.345. The molecule has 184 valence electrons. The van der Waals surface area contributed by atoms with E-state index in [2.05, 4.69) is 100 Å². The number of benzene rings is 2. The van der Waals surface area contributed by atoms with Crippen LogP contribution in [0.1, 0.15) is 40.5 Å². The monoisotopic (exact) mass is 488 g/mol. The first-order chi connectivity index (χ1) is 16.7. The second kappa shape index (κ2) is 8.88. The Morgan fingerprint density at radius 3 is 2.17 bits per heavy atom. The van der Waals surface area contributed by atoms with Crippen molar-refractivity contribution >= 4 is 24.7 Å². The van der Waals surface area contributed by atoms with Crippen molar-refractivity contribution in [2.45, 2.75) is 69.5 Å². The van der Waals surface area contributed by atoms with Gasteiger partial charge in [0, 0.05) is 12.3 Å². The fraction of sp³-hybridized carbons (Fsp3) is 0.433. The van der Waals surface area contributed by atoms with Gasteiger partial charge in [-0.25, -0.2) is 4.79 Å². The van der Waals surface area contributed by atoms with E-state index in [0.29, 0.717) is 6.42 Å². The van der Waals surface area contributed by atoms with Crippen molar-refractivity contribution in [1.82, 2.24) is 0 Å². The summed E-state index contributed by atoms with van der Waals surface area (Å²) in [6, 6.07) is 21.5. The minimum Gasteiger partial charge on any atom is -0.453 e. The Morgan fingerprint density at radius 2 is 1.63 bits per heavy atom. The van der Waals surface area contributed by atoms with E-state index in [1.807, 2.05) is 6.92 Å². The average Bonchev–Trinajstić information content (AvgIpc) is 3.13. The Bertz CT molecular complexity index is 1070. The predicted octanol–water partition coefficient (Wildman–Crippen LogP) is 4.78. The lowest BCUT2D eigenvalue weighted by Gasteiger charge is -2.46. The van der Waals surface area contributed by atoms with Gasteiger partial charge in [-0.1, -0.05) is 100 Å². The van der Waals surface area contributed by atoms with Gasteiger partial charge in [-0.15, -0.1) is 0 Å². The Morgan fingerprint density at radius 1 is 1.03 bits per heavy atom. The predicted molar refractivity (Wildman–Crippen MR) is 141 cm³/mol. The van der Waals surface area contributed by atoms with Crippen molar-refractivity contribution in [3.8, 4) is 0 Å². The second-order valence-corrected chi connectivity index (χ2v) is 15.7. The highest BCUT2D eigenvalue weighted by atomic mass is 28.4. The van der Waals surface area contributed by atoms with Crippen molar-refractivity contribution in [1.29, 1.82) is 0 Å². The zero-order chi connectivity index (χ0) is 24.8. The summed E-state index contributed by atoms with van der Waals surface area (Å²) < 4.78 is 19.4. The molecule has 0 amide bonds. The third kappa shape index (κ3) is 4.14. The summed E-state index contributed by atoms with van der Waals surface area (Å²) in [7, 11) is -2.67. The molecule has 35 heavy (non-hydrogen) atoms. The molecular weight excluding hydrogens is 452 g/mol. The summed E-state index contributed by atoms with van der Waals surface area (Å²) in [4.78, 5) is 12.9. The maximum atomic E-state index is 12.9. The average molecular weight is 489 g/mol. The molecule has 2 heterocycles. The Balaban J connectivity index is 1.53. The molecule has 0 radical (unpaired) electrons. The number of cyclic esters (lactones) is 1. The van der Waals surface area contributed by atoms with E-state index < -0.39 is 20.0 Å². The zero-order valence-electron chi connectivity index (χ0n) is 21.1. The summed E-state index contributed by atoms with van der Waals surface area (Å²) in [5, 5.41) is 2.45. The summed E-state index contributed by atoms with van der Waals surface area (Å²) in [6.07, 6.45) is 6.84. The molecule has 0 spiro atoms. The Labute approximate surface area is 210 Å². The number of carbonyl (C=O) groups is 1. The van der Waals surface area contributed by atoms with E-state index in [0.717, 1.165) is 6.42 Å². The van der Waals surface area contributed by atoms with Gasteiger partial charge in [-0.05, 0) is 40.8 Å². The molecule has 2 saturated heterocycles. The number of carbonyl (C=O) groups excluding carboxylic acids is 1. The fourth-order valence-corrected chi connectivity index (χ4v) is 10.9. The summed E-state index contributed by atoms with van der Waals surface area (Å²) in [5.74, 6) is -0.0420. The van der Waals surface area contributed by atoms with Crippen molar-refractivity contribution in [2.75, 3.05) is 0 Å². The molecule has 0 aromatic heterocycles. The Hall–Kier alpha value is -2.47. The minimum absolute atomic E-state index is 0.0286. The van der Waals surface area contributed by atoms with Crippen molar-refractivity contribution in [3.05, 3.63) is 85.5 Å². The Kier molecular flexibility index (Phi) is 6.15. The maximum Gasteiger partial charge on any atom is 0.336 e. The first-order valence-corrected chi connectivity index (χ1v) is 14.6. The molecule has 2 fully saturated rings. The van der Waals surface area contributed by atoms with Gasteiger partial charge in [-0.3, -0.25) is 0 Å². The van der Waals surface area contributed by atoms with Crippen LogP contribution in [0.4, 0.5) is 0 Å². The van der Waals surface area contributed by atoms with Gasteiger partial charge in [0.05, 0.1) is 12.2 Å². The van der Waals surface area contributed by atoms with E-state index in [1.165, 1.54) is 10.4 Å². The number of fused-ring (bicyclic) bond motifs is 5. The van der Waals surface area contributed by atoms with E-state index in [4.69, 9.17) is 13.9 Å². The van der Waals surface area contributed by atoms with E-state index >= 15 is 0 Å². The molecule has 2 aromatic rings. The van der Waals surface area contributed by atoms with E-state index in [1.54, 1.807) is 6.08 Å². The SMILES string of the molecule is C=C[C@]1(C)C[C@H]2O[C@@H](C(=O)O1)[C@@H]1C=C[C@H](O[Si](c3ccccc3)(c3ccccc3)C(C)(C)C)C[C@@H]12. The van der Waals surface area contributed by atoms with Crippen LogP contribution >= 0.6 is 0 Å². The van der Waals surface area contributed by atoms with Crippen LogP contribution in [0.15, 0.2) is 85.5 Å². The van der Waals surface area contributed by atoms with E-state index in [9.17, 15) is 4.79 Å². The highest BCUT2D eigenvalue weighted by Crippen LogP contribution is 2.47. The number of esters is 1. The van der Waals surface area contributed by atoms with Gasteiger partial charge in [-0.2, -0.15) is 0 Å². The molecule has 1 aliphatic carbocycles. The molecule has 0 saturated carbocycles. The number of hydrogen-bond acceptors (Lipinski definition) is 4. The molecule has 5 rings (SSSR count). The first kappa shape index (κ1) is 24.2. The van der Waals surface area contributed by atoms with Crippen LogP contribution in [0.5, 0.6) is 0 Å². The highest BCUT2D eigenvalue weighted by Gasteiger charge is 2.56. The summed E-state index contributed by atoms with van der Waals surface area (Å²) >= 11 is 0. The van der Waals surface area contributed by atoms with Crippen LogP contribution in [0.25, 0.3) is 0 Å². The highest BCUT2D eigenvalue weighted by molar-refractivity contribution is 6.99. The minimum atomic E-state index is -2.67. The van der Waals surface area contributed by atoms with Gasteiger partial charge >= 0.3 is 5.97 Å². The lowest BCUT2D eigenvalue weighted by Crippen LogP contribution is -2.67. The molecule has 2 aliphatic heterocycles. The molecule has 0 unspecified atom stereocenters. The van der Waals surface area contributed by atoms with Crippen LogP contribution in [0.3, 0.4) is 0 Å². The number of hydrogen-bond donors (Lipinski definition) is 0. The first-order valence-electron chi connectivity index (χ1n) is 12.7. The molecule has 0 N–H and O–H groups in total. The number of rotatable bonds is 5. The normalized spacial score (nSPS) is 32.5. The molecule has 2 bridgehead atoms. The van der Waals surface area contributed by atoms with Crippen LogP contribution in [-0.2, 0) is 18.7 Å². The molecular formula is C30H36O4Si. The van der Waals surface area contributed by atoms with Gasteiger partial charge < -0.3 is 13.9 Å². The van der Waals surface area contributed by atoms with Crippen LogP contribution in [0, 0.1) is 11.8 Å². The smallest absolute Gasteiger partial charge is 0.336 e. The third-order valence-electron chi connectivity index (χ3n) is 8.04. The molecule has 5 heteroatoms. The lowest BCUT2D eigenvalue weighted by atomic mass is 9.76. The zero-order valence-corrected chi connectivity index (χ0v) is 22.1. The van der Waals surface area contributed by atoms with Crippen molar-refractivity contribution in [2.24, 2.45) is 11.8 Å². The molecule has 2 aromatic carbocycles. The molecule has 6 atom stereocenters. The topological polar surface area (TPSA) is 44.8 Å². The fourth-order valence-electron chi connectivity index (χ4n) is 6.28. The van der Waals surface area contributed by atoms with Crippen molar-refractivity contribution in [3.63, 3.8) is 0 Å². The molecule has 3 aliphatic rings.